The van der Waals surface area contributed by atoms with E-state index in [9.17, 15) is 0 Å². The van der Waals surface area contributed by atoms with Gasteiger partial charge in [0.15, 0.2) is 0 Å². The van der Waals surface area contributed by atoms with Crippen LogP contribution in [-0.4, -0.2) is 37.2 Å². The first-order valence-electron chi connectivity index (χ1n) is 16.8. The third-order valence-corrected chi connectivity index (χ3v) is 14.1. The highest BCUT2D eigenvalue weighted by Crippen LogP contribution is 2.42. The van der Waals surface area contributed by atoms with E-state index < -0.39 is 15.8 Å². The summed E-state index contributed by atoms with van der Waals surface area (Å²) in [7, 11) is 0.570. The van der Waals surface area contributed by atoms with Crippen LogP contribution >= 0.6 is 15.8 Å². The molecule has 8 rings (SSSR count). The van der Waals surface area contributed by atoms with Crippen molar-refractivity contribution in [2.24, 2.45) is 0 Å². The smallest absolute Gasteiger partial charge is 0.131 e. The Kier molecular flexibility index (Phi) is 9.10. The van der Waals surface area contributed by atoms with E-state index in [4.69, 9.17) is 9.47 Å². The van der Waals surface area contributed by atoms with Gasteiger partial charge in [0.1, 0.15) is 23.7 Å². The normalized spacial score (nSPS) is 17.6. The molecule has 3 nitrogen and oxygen atoms in total. The van der Waals surface area contributed by atoms with Crippen molar-refractivity contribution in [1.82, 2.24) is 4.90 Å². The van der Waals surface area contributed by atoms with Crippen molar-refractivity contribution in [1.29, 1.82) is 0 Å². The van der Waals surface area contributed by atoms with Crippen LogP contribution in [0.25, 0.3) is 0 Å². The summed E-state index contributed by atoms with van der Waals surface area (Å²) in [5.74, 6) is 2.08. The Balaban J connectivity index is 1.25. The Morgan fingerprint density at radius 2 is 0.771 bits per heavy atom. The van der Waals surface area contributed by atoms with Crippen molar-refractivity contribution in [3.63, 3.8) is 0 Å². The van der Waals surface area contributed by atoms with E-state index in [1.54, 1.807) is 0 Å². The molecule has 0 amide bonds. The van der Waals surface area contributed by atoms with Crippen molar-refractivity contribution >= 4 is 47.7 Å². The number of para-hydroxylation sites is 2. The maximum Gasteiger partial charge on any atom is 0.131 e. The van der Waals surface area contributed by atoms with Gasteiger partial charge in [0.2, 0.25) is 0 Å². The molecule has 0 N–H and O–H groups in total. The molecule has 2 aliphatic heterocycles. The van der Waals surface area contributed by atoms with Crippen molar-refractivity contribution in [2.75, 3.05) is 20.1 Å². The van der Waals surface area contributed by atoms with Crippen LogP contribution in [0, 0.1) is 0 Å². The summed E-state index contributed by atoms with van der Waals surface area (Å²) in [6, 6.07) is 57.3. The van der Waals surface area contributed by atoms with Gasteiger partial charge < -0.3 is 9.47 Å². The Hall–Kier alpha value is -4.26. The Labute approximate surface area is 286 Å². The zero-order valence-electron chi connectivity index (χ0n) is 27.2. The van der Waals surface area contributed by atoms with Crippen molar-refractivity contribution in [3.8, 4) is 11.5 Å². The fourth-order valence-corrected chi connectivity index (χ4v) is 12.0. The van der Waals surface area contributed by atoms with Gasteiger partial charge >= 0.3 is 0 Å². The van der Waals surface area contributed by atoms with Gasteiger partial charge in [0.05, 0.1) is 0 Å². The maximum atomic E-state index is 7.32. The summed E-state index contributed by atoms with van der Waals surface area (Å²) >= 11 is 0. The molecule has 2 aliphatic rings. The number of ether oxygens (including phenoxy) is 2. The molecule has 2 bridgehead atoms. The van der Waals surface area contributed by atoms with Crippen LogP contribution in [0.3, 0.4) is 0 Å². The predicted octanol–water partition coefficient (Wildman–Crippen LogP) is 6.44. The molecule has 48 heavy (non-hydrogen) atoms. The van der Waals surface area contributed by atoms with E-state index in [0.29, 0.717) is 0 Å². The SMILES string of the molecule is CN1C[C@@H]2Cc3cccc(P(c4ccccc4)c4ccccc4)c3O[C@@H](Cc3cccc(P(c4ccccc4)c4ccccc4)c3O2)C1. The lowest BCUT2D eigenvalue weighted by atomic mass is 10.0. The van der Waals surface area contributed by atoms with Crippen LogP contribution in [0.15, 0.2) is 158 Å². The second kappa shape index (κ2) is 14.1. The first-order chi connectivity index (χ1) is 23.7. The third kappa shape index (κ3) is 6.44. The van der Waals surface area contributed by atoms with Crippen LogP contribution in [0.1, 0.15) is 11.1 Å². The topological polar surface area (TPSA) is 21.7 Å². The summed E-state index contributed by atoms with van der Waals surface area (Å²) in [5.41, 5.74) is 2.46. The van der Waals surface area contributed by atoms with Gasteiger partial charge in [-0.25, -0.2) is 0 Å². The Bertz CT molecular complexity index is 1750. The second-order valence-electron chi connectivity index (χ2n) is 12.7. The van der Waals surface area contributed by atoms with Gasteiger partial charge in [-0.2, -0.15) is 0 Å². The molecule has 0 radical (unpaired) electrons. The van der Waals surface area contributed by atoms with Crippen LogP contribution in [-0.2, 0) is 12.8 Å². The Morgan fingerprint density at radius 3 is 1.10 bits per heavy atom. The summed E-state index contributed by atoms with van der Waals surface area (Å²) in [4.78, 5) is 2.40. The lowest BCUT2D eigenvalue weighted by molar-refractivity contribution is 0.126. The average molecular weight is 664 g/mol. The number of hydrogen-bond acceptors (Lipinski definition) is 3. The van der Waals surface area contributed by atoms with E-state index >= 15 is 0 Å². The first-order valence-corrected chi connectivity index (χ1v) is 19.5. The minimum Gasteiger partial charge on any atom is -0.488 e. The van der Waals surface area contributed by atoms with E-state index in [2.05, 4.69) is 170 Å². The second-order valence-corrected chi connectivity index (χ2v) is 17.0. The van der Waals surface area contributed by atoms with Crippen molar-refractivity contribution in [3.05, 3.63) is 169 Å². The molecule has 0 unspecified atom stereocenters. The fourth-order valence-electron chi connectivity index (χ4n) is 7.13. The molecule has 6 aromatic carbocycles. The van der Waals surface area contributed by atoms with Gasteiger partial charge in [-0.1, -0.05) is 158 Å². The summed E-state index contributed by atoms with van der Waals surface area (Å²) in [6.45, 7) is 1.66. The van der Waals surface area contributed by atoms with Gasteiger partial charge in [0.25, 0.3) is 0 Å². The molecule has 0 aliphatic carbocycles. The molecule has 0 spiro atoms. The minimum atomic E-state index is -0.820. The molecule has 6 aromatic rings. The van der Waals surface area contributed by atoms with Gasteiger partial charge in [-0.3, -0.25) is 4.90 Å². The number of hydrogen-bond donors (Lipinski definition) is 0. The number of benzene rings is 6. The monoisotopic (exact) mass is 663 g/mol. The van der Waals surface area contributed by atoms with Gasteiger partial charge in [-0.05, 0) is 55.2 Å². The fraction of sp³-hybridized carbons (Fsp3) is 0.163. The summed E-state index contributed by atoms with van der Waals surface area (Å²) in [6.07, 6.45) is 1.48. The maximum absolute atomic E-state index is 7.32. The molecule has 0 aromatic heterocycles. The molecule has 2 atom stereocenters. The molecule has 238 valence electrons. The van der Waals surface area contributed by atoms with E-state index in [-0.39, 0.29) is 12.2 Å². The van der Waals surface area contributed by atoms with Gasteiger partial charge in [-0.15, -0.1) is 0 Å². The molecular weight excluding hydrogens is 624 g/mol. The highest BCUT2D eigenvalue weighted by Gasteiger charge is 2.33. The van der Waals surface area contributed by atoms with E-state index in [1.807, 2.05) is 0 Å². The van der Waals surface area contributed by atoms with Crippen LogP contribution in [0.5, 0.6) is 11.5 Å². The van der Waals surface area contributed by atoms with Gasteiger partial charge in [0, 0.05) is 36.5 Å². The molecule has 0 saturated heterocycles. The summed E-state index contributed by atoms with van der Waals surface area (Å²) in [5, 5.41) is 7.87. The van der Waals surface area contributed by atoms with Crippen LogP contribution in [0.2, 0.25) is 0 Å². The van der Waals surface area contributed by atoms with Crippen LogP contribution in [0.4, 0.5) is 0 Å². The lowest BCUT2D eigenvalue weighted by Gasteiger charge is -2.30. The van der Waals surface area contributed by atoms with Crippen molar-refractivity contribution in [2.45, 2.75) is 25.0 Å². The molecule has 0 fully saturated rings. The highest BCUT2D eigenvalue weighted by atomic mass is 31.1. The number of likely N-dealkylation sites (N-methyl/N-ethyl adjacent to an activating group) is 1. The molecule has 0 saturated carbocycles. The quantitative estimate of drug-likeness (QED) is 0.192. The molecule has 2 heterocycles. The number of fused-ring (bicyclic) bond motifs is 6. The largest absolute Gasteiger partial charge is 0.488 e. The highest BCUT2D eigenvalue weighted by molar-refractivity contribution is 7.80. The standard InChI is InChI=1S/C43H39NO2P2/c1-44-30-34-29-33-17-15-27-41(48(38-22-10-4-11-23-38)39-24-12-5-13-25-39)43(33)46-35(31-44)28-32-16-14-26-40(42(32)45-34)47(36-18-6-2-7-19-36)37-20-8-3-9-21-37/h2-27,34-35H,28-31H2,1H3/t34-,35-/m0/s1. The molecule has 5 heteroatoms. The van der Waals surface area contributed by atoms with E-state index in [0.717, 1.165) is 37.4 Å². The zero-order chi connectivity index (χ0) is 32.3. The third-order valence-electron chi connectivity index (χ3n) is 9.19. The summed E-state index contributed by atoms with van der Waals surface area (Å²) < 4.78 is 14.6. The predicted molar refractivity (Wildman–Crippen MR) is 204 cm³/mol. The first kappa shape index (κ1) is 31.0. The lowest BCUT2D eigenvalue weighted by Crippen LogP contribution is -2.38. The average Bonchev–Trinajstić information content (AvgIpc) is 3.23. The molecular formula is C43H39NO2P2. The number of nitrogens with zero attached hydrogens (tertiary/aromatic N) is 1. The zero-order valence-corrected chi connectivity index (χ0v) is 28.9. The minimum absolute atomic E-state index is 0.0348. The Morgan fingerprint density at radius 1 is 0.438 bits per heavy atom. The number of rotatable bonds is 6. The van der Waals surface area contributed by atoms with E-state index in [1.165, 1.54) is 43.0 Å². The van der Waals surface area contributed by atoms with Crippen LogP contribution < -0.4 is 41.3 Å². The van der Waals surface area contributed by atoms with Crippen molar-refractivity contribution < 1.29 is 9.47 Å².